The van der Waals surface area contributed by atoms with Crippen molar-refractivity contribution in [3.05, 3.63) is 36.3 Å². The molecule has 0 amide bonds. The molecule has 2 N–H and O–H groups in total. The Kier molecular flexibility index (Phi) is 4.63. The second-order valence-electron chi connectivity index (χ2n) is 5.95. The molecular weight excluding hydrogens is 276 g/mol. The van der Waals surface area contributed by atoms with Gasteiger partial charge in [-0.15, -0.1) is 0 Å². The van der Waals surface area contributed by atoms with Crippen molar-refractivity contribution < 1.29 is 5.11 Å². The molecule has 0 aliphatic heterocycles. The van der Waals surface area contributed by atoms with E-state index in [2.05, 4.69) is 20.3 Å². The zero-order valence-electron chi connectivity index (χ0n) is 12.9. The first-order chi connectivity index (χ1) is 10.7. The number of nitrogens with one attached hydrogen (secondary N) is 1. The van der Waals surface area contributed by atoms with Gasteiger partial charge in [-0.3, -0.25) is 4.98 Å². The highest BCUT2D eigenvalue weighted by molar-refractivity contribution is 5.56. The first-order valence-corrected chi connectivity index (χ1v) is 7.90. The summed E-state index contributed by atoms with van der Waals surface area (Å²) in [7, 11) is 0. The van der Waals surface area contributed by atoms with E-state index in [-0.39, 0.29) is 6.10 Å². The summed E-state index contributed by atoms with van der Waals surface area (Å²) in [4.78, 5) is 13.2. The number of aliphatic hydroxyl groups excluding tert-OH is 1. The van der Waals surface area contributed by atoms with Gasteiger partial charge in [0.2, 0.25) is 0 Å². The van der Waals surface area contributed by atoms with E-state index in [0.717, 1.165) is 42.9 Å². The van der Waals surface area contributed by atoms with Gasteiger partial charge >= 0.3 is 0 Å². The maximum Gasteiger partial charge on any atom is 0.163 e. The first kappa shape index (κ1) is 14.9. The molecule has 5 heteroatoms. The lowest BCUT2D eigenvalue weighted by atomic mass is 9.86. The topological polar surface area (TPSA) is 70.9 Å². The van der Waals surface area contributed by atoms with E-state index in [4.69, 9.17) is 0 Å². The molecule has 3 rings (SSSR count). The third kappa shape index (κ3) is 3.60. The van der Waals surface area contributed by atoms with E-state index in [1.165, 1.54) is 6.42 Å². The lowest BCUT2D eigenvalue weighted by Crippen LogP contribution is -2.30. The van der Waals surface area contributed by atoms with Gasteiger partial charge in [0.1, 0.15) is 5.82 Å². The molecule has 2 aromatic rings. The van der Waals surface area contributed by atoms with Crippen molar-refractivity contribution in [1.82, 2.24) is 15.0 Å². The van der Waals surface area contributed by atoms with Crippen LogP contribution in [0.4, 0.5) is 5.82 Å². The molecule has 116 valence electrons. The van der Waals surface area contributed by atoms with Crippen molar-refractivity contribution >= 4 is 5.82 Å². The van der Waals surface area contributed by atoms with Crippen LogP contribution in [0, 0.1) is 12.8 Å². The van der Waals surface area contributed by atoms with Gasteiger partial charge in [-0.2, -0.15) is 0 Å². The Morgan fingerprint density at radius 3 is 2.91 bits per heavy atom. The number of aromatic nitrogens is 3. The lowest BCUT2D eigenvalue weighted by molar-refractivity contribution is 0.0763. The molecule has 0 saturated heterocycles. The lowest BCUT2D eigenvalue weighted by Gasteiger charge is -2.27. The normalized spacial score (nSPS) is 21.5. The van der Waals surface area contributed by atoms with Gasteiger partial charge in [-0.05, 0) is 31.9 Å². The number of pyridine rings is 1. The fourth-order valence-electron chi connectivity index (χ4n) is 2.95. The van der Waals surface area contributed by atoms with Crippen LogP contribution in [0.25, 0.3) is 11.4 Å². The van der Waals surface area contributed by atoms with Crippen LogP contribution in [-0.4, -0.2) is 32.7 Å². The number of aliphatic hydroxyl groups is 1. The van der Waals surface area contributed by atoms with Crippen LogP contribution in [0.5, 0.6) is 0 Å². The van der Waals surface area contributed by atoms with Crippen LogP contribution >= 0.6 is 0 Å². The molecule has 0 aromatic carbocycles. The average Bonchev–Trinajstić information content (AvgIpc) is 2.54. The van der Waals surface area contributed by atoms with Crippen molar-refractivity contribution in [2.24, 2.45) is 5.92 Å². The van der Waals surface area contributed by atoms with Gasteiger partial charge in [0.25, 0.3) is 0 Å². The molecule has 1 aliphatic rings. The van der Waals surface area contributed by atoms with Gasteiger partial charge in [-0.25, -0.2) is 9.97 Å². The first-order valence-electron chi connectivity index (χ1n) is 7.90. The molecule has 0 unspecified atom stereocenters. The Bertz CT molecular complexity index is 617. The van der Waals surface area contributed by atoms with Crippen molar-refractivity contribution in [2.75, 3.05) is 11.9 Å². The van der Waals surface area contributed by atoms with Crippen molar-refractivity contribution in [3.63, 3.8) is 0 Å². The second kappa shape index (κ2) is 6.83. The SMILES string of the molecule is Cc1cc(NC[C@H]2CCCC[C@@H]2O)nc(-c2cccnc2)n1. The quantitative estimate of drug-likeness (QED) is 0.908. The minimum atomic E-state index is -0.193. The van der Waals surface area contributed by atoms with Gasteiger partial charge in [0.15, 0.2) is 5.82 Å². The molecule has 0 spiro atoms. The monoisotopic (exact) mass is 298 g/mol. The average molecular weight is 298 g/mol. The number of aryl methyl sites for hydroxylation is 1. The van der Waals surface area contributed by atoms with Crippen LogP contribution in [0.2, 0.25) is 0 Å². The van der Waals surface area contributed by atoms with Crippen LogP contribution in [0.15, 0.2) is 30.6 Å². The van der Waals surface area contributed by atoms with Crippen molar-refractivity contribution in [1.29, 1.82) is 0 Å². The third-order valence-corrected chi connectivity index (χ3v) is 4.19. The summed E-state index contributed by atoms with van der Waals surface area (Å²) < 4.78 is 0. The standard InChI is InChI=1S/C17H22N4O/c1-12-9-16(19-11-13-5-2-3-7-15(13)22)21-17(20-12)14-6-4-8-18-10-14/h4,6,8-10,13,15,22H,2-3,5,7,11H2,1H3,(H,19,20,21)/t13-,15+/m1/s1. The molecular formula is C17H22N4O. The highest BCUT2D eigenvalue weighted by Gasteiger charge is 2.22. The number of nitrogens with zero attached hydrogens (tertiary/aromatic N) is 3. The van der Waals surface area contributed by atoms with Crippen LogP contribution in [0.3, 0.4) is 0 Å². The smallest absolute Gasteiger partial charge is 0.163 e. The molecule has 22 heavy (non-hydrogen) atoms. The molecule has 2 aromatic heterocycles. The predicted molar refractivity (Wildman–Crippen MR) is 86.5 cm³/mol. The number of hydrogen-bond acceptors (Lipinski definition) is 5. The summed E-state index contributed by atoms with van der Waals surface area (Å²) in [5, 5.41) is 13.4. The Labute approximate surface area is 130 Å². The molecule has 1 fully saturated rings. The Morgan fingerprint density at radius 2 is 2.14 bits per heavy atom. The summed E-state index contributed by atoms with van der Waals surface area (Å²) in [6, 6.07) is 5.78. The molecule has 2 atom stereocenters. The zero-order chi connectivity index (χ0) is 15.4. The summed E-state index contributed by atoms with van der Waals surface area (Å²) in [6.45, 7) is 2.71. The number of anilines is 1. The van der Waals surface area contributed by atoms with Gasteiger partial charge in [0, 0.05) is 42.2 Å². The summed E-state index contributed by atoms with van der Waals surface area (Å²) in [6.07, 6.45) is 7.64. The minimum absolute atomic E-state index is 0.193. The molecule has 1 saturated carbocycles. The Hall–Kier alpha value is -2.01. The maximum atomic E-state index is 10.1. The fourth-order valence-corrected chi connectivity index (χ4v) is 2.95. The van der Waals surface area contributed by atoms with Gasteiger partial charge < -0.3 is 10.4 Å². The van der Waals surface area contributed by atoms with Gasteiger partial charge in [0.05, 0.1) is 6.10 Å². The summed E-state index contributed by atoms with van der Waals surface area (Å²) >= 11 is 0. The van der Waals surface area contributed by atoms with Crippen LogP contribution in [0.1, 0.15) is 31.4 Å². The zero-order valence-corrected chi connectivity index (χ0v) is 12.9. The Balaban J connectivity index is 1.72. The van der Waals surface area contributed by atoms with E-state index >= 15 is 0 Å². The fraction of sp³-hybridized carbons (Fsp3) is 0.471. The molecule has 1 aliphatic carbocycles. The van der Waals surface area contributed by atoms with E-state index in [0.29, 0.717) is 11.7 Å². The van der Waals surface area contributed by atoms with Crippen molar-refractivity contribution in [2.45, 2.75) is 38.7 Å². The minimum Gasteiger partial charge on any atom is -0.393 e. The molecule has 2 heterocycles. The predicted octanol–water partition coefficient (Wildman–Crippen LogP) is 2.81. The number of rotatable bonds is 4. The molecule has 5 nitrogen and oxygen atoms in total. The molecule has 0 radical (unpaired) electrons. The number of hydrogen-bond donors (Lipinski definition) is 2. The highest BCUT2D eigenvalue weighted by Crippen LogP contribution is 2.25. The van der Waals surface area contributed by atoms with E-state index in [9.17, 15) is 5.11 Å². The second-order valence-corrected chi connectivity index (χ2v) is 5.95. The van der Waals surface area contributed by atoms with E-state index in [1.807, 2.05) is 25.1 Å². The highest BCUT2D eigenvalue weighted by atomic mass is 16.3. The van der Waals surface area contributed by atoms with Crippen molar-refractivity contribution in [3.8, 4) is 11.4 Å². The van der Waals surface area contributed by atoms with E-state index in [1.54, 1.807) is 12.4 Å². The Morgan fingerprint density at radius 1 is 1.27 bits per heavy atom. The van der Waals surface area contributed by atoms with Crippen LogP contribution < -0.4 is 5.32 Å². The summed E-state index contributed by atoms with van der Waals surface area (Å²) in [5.41, 5.74) is 1.83. The van der Waals surface area contributed by atoms with Gasteiger partial charge in [-0.1, -0.05) is 12.8 Å². The third-order valence-electron chi connectivity index (χ3n) is 4.19. The molecule has 0 bridgehead atoms. The largest absolute Gasteiger partial charge is 0.393 e. The van der Waals surface area contributed by atoms with E-state index < -0.39 is 0 Å². The summed E-state index contributed by atoms with van der Waals surface area (Å²) in [5.74, 6) is 1.80. The van der Waals surface area contributed by atoms with Crippen LogP contribution in [-0.2, 0) is 0 Å². The maximum absolute atomic E-state index is 10.1.